The fourth-order valence-electron chi connectivity index (χ4n) is 2.07. The third-order valence-electron chi connectivity index (χ3n) is 2.99. The van der Waals surface area contributed by atoms with Crippen molar-refractivity contribution >= 4 is 12.0 Å². The summed E-state index contributed by atoms with van der Waals surface area (Å²) < 4.78 is 0. The molecule has 1 saturated heterocycles. The molecular formula is C12H22N2O4. The number of aliphatic hydroxyl groups excluding tert-OH is 1. The van der Waals surface area contributed by atoms with Gasteiger partial charge in [0.2, 0.25) is 0 Å². The fourth-order valence-corrected chi connectivity index (χ4v) is 2.07. The lowest BCUT2D eigenvalue weighted by molar-refractivity contribution is -0.139. The van der Waals surface area contributed by atoms with Crippen LogP contribution in [0.15, 0.2) is 0 Å². The van der Waals surface area contributed by atoms with Crippen LogP contribution in [0.3, 0.4) is 0 Å². The molecule has 0 aromatic heterocycles. The van der Waals surface area contributed by atoms with Gasteiger partial charge in [-0.15, -0.1) is 0 Å². The summed E-state index contributed by atoms with van der Waals surface area (Å²) in [6.07, 6.45) is 1.34. The van der Waals surface area contributed by atoms with Crippen molar-refractivity contribution in [3.63, 3.8) is 0 Å². The first-order chi connectivity index (χ1) is 8.40. The van der Waals surface area contributed by atoms with Crippen molar-refractivity contribution in [3.8, 4) is 0 Å². The number of hydrogen-bond acceptors (Lipinski definition) is 3. The zero-order chi connectivity index (χ0) is 13.7. The highest BCUT2D eigenvalue weighted by Gasteiger charge is 2.26. The molecule has 0 aromatic rings. The zero-order valence-electron chi connectivity index (χ0n) is 10.9. The summed E-state index contributed by atoms with van der Waals surface area (Å²) in [6, 6.07) is -1.27. The van der Waals surface area contributed by atoms with Crippen LogP contribution in [0.2, 0.25) is 0 Å². The van der Waals surface area contributed by atoms with E-state index in [0.717, 1.165) is 6.42 Å². The Bertz CT molecular complexity index is 306. The number of nitrogens with zero attached hydrogens (tertiary/aromatic N) is 1. The van der Waals surface area contributed by atoms with Crippen LogP contribution >= 0.6 is 0 Å². The number of likely N-dealkylation sites (tertiary alicyclic amines) is 1. The Morgan fingerprint density at radius 2 is 2.11 bits per heavy atom. The lowest BCUT2D eigenvalue weighted by Crippen LogP contribution is -2.52. The Balaban J connectivity index is 2.52. The molecule has 104 valence electrons. The van der Waals surface area contributed by atoms with Crippen LogP contribution in [0, 0.1) is 5.92 Å². The summed E-state index contributed by atoms with van der Waals surface area (Å²) in [6.45, 7) is 4.66. The van der Waals surface area contributed by atoms with Crippen molar-refractivity contribution in [1.82, 2.24) is 10.2 Å². The molecule has 0 saturated carbocycles. The molecule has 2 amide bonds. The number of carbonyl (C=O) groups excluding carboxylic acids is 1. The number of β-amino-alcohol motifs (C(OH)–C–C–N with tert-alkyl or cyclic N) is 1. The molecule has 6 nitrogen and oxygen atoms in total. The van der Waals surface area contributed by atoms with Crippen LogP contribution in [0.5, 0.6) is 0 Å². The highest BCUT2D eigenvalue weighted by atomic mass is 16.4. The fraction of sp³-hybridized carbons (Fsp3) is 0.833. The molecule has 1 fully saturated rings. The van der Waals surface area contributed by atoms with Crippen molar-refractivity contribution in [2.45, 2.75) is 45.3 Å². The number of aliphatic hydroxyl groups is 1. The first kappa shape index (κ1) is 14.8. The van der Waals surface area contributed by atoms with Gasteiger partial charge < -0.3 is 20.4 Å². The van der Waals surface area contributed by atoms with Crippen LogP contribution in [0.1, 0.15) is 33.1 Å². The van der Waals surface area contributed by atoms with E-state index in [1.54, 1.807) is 0 Å². The predicted molar refractivity (Wildman–Crippen MR) is 66.2 cm³/mol. The number of piperidine rings is 1. The number of urea groups is 1. The van der Waals surface area contributed by atoms with Gasteiger partial charge in [-0.25, -0.2) is 9.59 Å². The van der Waals surface area contributed by atoms with Gasteiger partial charge in [-0.2, -0.15) is 0 Å². The maximum absolute atomic E-state index is 11.9. The maximum atomic E-state index is 11.9. The van der Waals surface area contributed by atoms with Crippen LogP contribution in [0.25, 0.3) is 0 Å². The first-order valence-corrected chi connectivity index (χ1v) is 6.36. The molecule has 0 bridgehead atoms. The summed E-state index contributed by atoms with van der Waals surface area (Å²) >= 11 is 0. The van der Waals surface area contributed by atoms with Crippen molar-refractivity contribution in [1.29, 1.82) is 0 Å². The van der Waals surface area contributed by atoms with E-state index in [9.17, 15) is 14.7 Å². The SMILES string of the molecule is CC(C)C[C@@H](NC(=O)N1CCCC(O)C1)C(=O)O. The standard InChI is InChI=1S/C12H22N2O4/c1-8(2)6-10(11(16)17)13-12(18)14-5-3-4-9(15)7-14/h8-10,15H,3-7H2,1-2H3,(H,13,18)(H,16,17)/t9?,10-/m1/s1. The number of aliphatic carboxylic acids is 1. The Morgan fingerprint density at radius 1 is 1.44 bits per heavy atom. The van der Waals surface area contributed by atoms with Crippen molar-refractivity contribution in [2.75, 3.05) is 13.1 Å². The third kappa shape index (κ3) is 4.52. The molecule has 2 atom stereocenters. The van der Waals surface area contributed by atoms with E-state index in [4.69, 9.17) is 5.11 Å². The van der Waals surface area contributed by atoms with E-state index < -0.39 is 24.1 Å². The van der Waals surface area contributed by atoms with Crippen molar-refractivity contribution < 1.29 is 19.8 Å². The number of carbonyl (C=O) groups is 2. The molecule has 18 heavy (non-hydrogen) atoms. The van der Waals surface area contributed by atoms with Gasteiger partial charge in [-0.1, -0.05) is 13.8 Å². The van der Waals surface area contributed by atoms with Crippen molar-refractivity contribution in [2.24, 2.45) is 5.92 Å². The quantitative estimate of drug-likeness (QED) is 0.690. The molecule has 1 heterocycles. The lowest BCUT2D eigenvalue weighted by Gasteiger charge is -2.31. The van der Waals surface area contributed by atoms with Gasteiger partial charge in [0.25, 0.3) is 0 Å². The average molecular weight is 258 g/mol. The second-order valence-corrected chi connectivity index (χ2v) is 5.21. The number of carboxylic acids is 1. The zero-order valence-corrected chi connectivity index (χ0v) is 10.9. The van der Waals surface area contributed by atoms with Gasteiger partial charge in [0.15, 0.2) is 0 Å². The van der Waals surface area contributed by atoms with Gasteiger partial charge in [-0.3, -0.25) is 0 Å². The van der Waals surface area contributed by atoms with Gasteiger partial charge in [0.1, 0.15) is 6.04 Å². The summed E-state index contributed by atoms with van der Waals surface area (Å²) in [5.74, 6) is -0.826. The molecule has 0 radical (unpaired) electrons. The van der Waals surface area contributed by atoms with Gasteiger partial charge in [-0.05, 0) is 25.2 Å². The summed E-state index contributed by atoms with van der Waals surface area (Å²) in [4.78, 5) is 24.4. The molecule has 1 unspecified atom stereocenters. The predicted octanol–water partition coefficient (Wildman–Crippen LogP) is 0.652. The molecule has 6 heteroatoms. The minimum absolute atomic E-state index is 0.193. The van der Waals surface area contributed by atoms with E-state index >= 15 is 0 Å². The Kier molecular flexibility index (Phi) is 5.40. The molecule has 0 spiro atoms. The molecule has 0 aromatic carbocycles. The van der Waals surface area contributed by atoms with E-state index in [-0.39, 0.29) is 12.5 Å². The van der Waals surface area contributed by atoms with E-state index in [2.05, 4.69) is 5.32 Å². The first-order valence-electron chi connectivity index (χ1n) is 6.36. The number of rotatable bonds is 4. The van der Waals surface area contributed by atoms with E-state index in [0.29, 0.717) is 19.4 Å². The normalized spacial score (nSPS) is 21.8. The largest absolute Gasteiger partial charge is 0.480 e. The summed E-state index contributed by atoms with van der Waals surface area (Å²) in [5.41, 5.74) is 0. The molecule has 1 aliphatic rings. The van der Waals surface area contributed by atoms with E-state index in [1.165, 1.54) is 4.90 Å². The minimum atomic E-state index is -1.02. The highest BCUT2D eigenvalue weighted by molar-refractivity contribution is 5.82. The number of amides is 2. The molecule has 3 N–H and O–H groups in total. The highest BCUT2D eigenvalue weighted by Crippen LogP contribution is 2.11. The minimum Gasteiger partial charge on any atom is -0.480 e. The summed E-state index contributed by atoms with van der Waals surface area (Å²) in [5, 5.41) is 21.0. The lowest BCUT2D eigenvalue weighted by atomic mass is 10.0. The number of hydrogen-bond donors (Lipinski definition) is 3. The molecule has 0 aliphatic carbocycles. The topological polar surface area (TPSA) is 89.9 Å². The third-order valence-corrected chi connectivity index (χ3v) is 2.99. The van der Waals surface area contributed by atoms with Gasteiger partial charge in [0.05, 0.1) is 6.10 Å². The van der Waals surface area contributed by atoms with Gasteiger partial charge >= 0.3 is 12.0 Å². The number of nitrogens with one attached hydrogen (secondary N) is 1. The van der Waals surface area contributed by atoms with Gasteiger partial charge in [0, 0.05) is 13.1 Å². The van der Waals surface area contributed by atoms with E-state index in [1.807, 2.05) is 13.8 Å². The monoisotopic (exact) mass is 258 g/mol. The Morgan fingerprint density at radius 3 is 2.61 bits per heavy atom. The smallest absolute Gasteiger partial charge is 0.326 e. The second-order valence-electron chi connectivity index (χ2n) is 5.21. The molecule has 1 rings (SSSR count). The van der Waals surface area contributed by atoms with Crippen LogP contribution in [-0.2, 0) is 4.79 Å². The average Bonchev–Trinajstić information content (AvgIpc) is 2.27. The van der Waals surface area contributed by atoms with Crippen molar-refractivity contribution in [3.05, 3.63) is 0 Å². The van der Waals surface area contributed by atoms with Crippen LogP contribution in [-0.4, -0.2) is 52.3 Å². The summed E-state index contributed by atoms with van der Waals surface area (Å²) in [7, 11) is 0. The molecule has 1 aliphatic heterocycles. The van der Waals surface area contributed by atoms with Crippen LogP contribution in [0.4, 0.5) is 4.79 Å². The maximum Gasteiger partial charge on any atom is 0.326 e. The second kappa shape index (κ2) is 6.58. The van der Waals surface area contributed by atoms with Crippen LogP contribution < -0.4 is 5.32 Å². The Labute approximate surface area is 107 Å². The molecular weight excluding hydrogens is 236 g/mol. The Hall–Kier alpha value is -1.30. The number of carboxylic acid groups (broad SMARTS) is 1.